The van der Waals surface area contributed by atoms with Crippen LogP contribution in [0.1, 0.15) is 33.7 Å². The second-order valence-corrected chi connectivity index (χ2v) is 7.87. The van der Waals surface area contributed by atoms with Gasteiger partial charge in [-0.3, -0.25) is 0 Å². The van der Waals surface area contributed by atoms with Crippen molar-refractivity contribution in [1.82, 2.24) is 0 Å². The van der Waals surface area contributed by atoms with Crippen molar-refractivity contribution in [3.63, 3.8) is 0 Å². The van der Waals surface area contributed by atoms with E-state index in [1.807, 2.05) is 37.4 Å². The van der Waals surface area contributed by atoms with Gasteiger partial charge in [0.1, 0.15) is 11.4 Å². The molecule has 0 fully saturated rings. The van der Waals surface area contributed by atoms with E-state index in [4.69, 9.17) is 0 Å². The monoisotopic (exact) mass is 359 g/mol. The SMILES string of the molecule is Cc1ccc([S@+]([O-])/N=C/C2c3ccccc3CCc3ccccc32)cc1. The second-order valence-electron chi connectivity index (χ2n) is 6.69. The van der Waals surface area contributed by atoms with Crippen molar-refractivity contribution in [2.75, 3.05) is 0 Å². The Labute approximate surface area is 157 Å². The van der Waals surface area contributed by atoms with E-state index in [9.17, 15) is 4.55 Å². The molecule has 1 aliphatic rings. The van der Waals surface area contributed by atoms with Crippen LogP contribution >= 0.6 is 0 Å². The number of hydrogen-bond donors (Lipinski definition) is 0. The zero-order valence-corrected chi connectivity index (χ0v) is 15.6. The molecule has 3 aromatic rings. The first kappa shape index (κ1) is 17.1. The summed E-state index contributed by atoms with van der Waals surface area (Å²) >= 11 is -1.38. The zero-order chi connectivity index (χ0) is 17.9. The van der Waals surface area contributed by atoms with Gasteiger partial charge in [0.25, 0.3) is 0 Å². The van der Waals surface area contributed by atoms with Gasteiger partial charge >= 0.3 is 0 Å². The molecule has 3 heteroatoms. The first-order chi connectivity index (χ1) is 12.7. The number of nitrogens with zero attached hydrogens (tertiary/aromatic N) is 1. The highest BCUT2D eigenvalue weighted by Gasteiger charge is 2.23. The maximum absolute atomic E-state index is 12.6. The van der Waals surface area contributed by atoms with E-state index in [2.05, 4.69) is 52.9 Å². The molecule has 4 rings (SSSR count). The van der Waals surface area contributed by atoms with E-state index in [-0.39, 0.29) is 5.92 Å². The van der Waals surface area contributed by atoms with Crippen LogP contribution in [0.5, 0.6) is 0 Å². The van der Waals surface area contributed by atoms with Gasteiger partial charge in [0, 0.05) is 5.92 Å². The minimum Gasteiger partial charge on any atom is -0.586 e. The zero-order valence-electron chi connectivity index (χ0n) is 14.8. The molecule has 1 aliphatic carbocycles. The molecule has 0 saturated carbocycles. The smallest absolute Gasteiger partial charge is 0.182 e. The quantitative estimate of drug-likeness (QED) is 0.478. The van der Waals surface area contributed by atoms with E-state index >= 15 is 0 Å². The second kappa shape index (κ2) is 7.48. The predicted molar refractivity (Wildman–Crippen MR) is 108 cm³/mol. The van der Waals surface area contributed by atoms with Crippen molar-refractivity contribution >= 4 is 17.6 Å². The molecule has 0 bridgehead atoms. The summed E-state index contributed by atoms with van der Waals surface area (Å²) in [4.78, 5) is 0.738. The minimum atomic E-state index is -1.38. The van der Waals surface area contributed by atoms with Gasteiger partial charge in [-0.15, -0.1) is 0 Å². The Kier molecular flexibility index (Phi) is 4.91. The molecule has 2 nitrogen and oxygen atoms in total. The first-order valence-electron chi connectivity index (χ1n) is 8.91. The van der Waals surface area contributed by atoms with Crippen LogP contribution in [0.3, 0.4) is 0 Å². The number of hydrogen-bond acceptors (Lipinski definition) is 2. The van der Waals surface area contributed by atoms with Crippen LogP contribution < -0.4 is 0 Å². The summed E-state index contributed by atoms with van der Waals surface area (Å²) in [6, 6.07) is 24.8. The molecule has 1 atom stereocenters. The molecule has 26 heavy (non-hydrogen) atoms. The molecule has 3 aromatic carbocycles. The molecule has 0 spiro atoms. The summed E-state index contributed by atoms with van der Waals surface area (Å²) in [6.45, 7) is 2.02. The van der Waals surface area contributed by atoms with Gasteiger partial charge in [0.2, 0.25) is 0 Å². The highest BCUT2D eigenvalue weighted by molar-refractivity contribution is 7.90. The van der Waals surface area contributed by atoms with Gasteiger partial charge in [-0.2, -0.15) is 0 Å². The van der Waals surface area contributed by atoms with Crippen LogP contribution in [0.2, 0.25) is 0 Å². The van der Waals surface area contributed by atoms with E-state index in [1.54, 1.807) is 0 Å². The van der Waals surface area contributed by atoms with Gasteiger partial charge in [0.15, 0.2) is 4.90 Å². The maximum atomic E-state index is 12.6. The van der Waals surface area contributed by atoms with E-state index in [0.717, 1.165) is 23.3 Å². The van der Waals surface area contributed by atoms with Gasteiger partial charge in [-0.25, -0.2) is 0 Å². The normalized spacial score (nSPS) is 15.3. The molecular formula is C23H21NOS. The van der Waals surface area contributed by atoms with Gasteiger partial charge in [-0.1, -0.05) is 70.6 Å². The average Bonchev–Trinajstić information content (AvgIpc) is 2.84. The van der Waals surface area contributed by atoms with Gasteiger partial charge in [0.05, 0.1) is 6.21 Å². The Morgan fingerprint density at radius 1 is 0.846 bits per heavy atom. The topological polar surface area (TPSA) is 35.4 Å². The largest absolute Gasteiger partial charge is 0.586 e. The molecule has 0 radical (unpaired) electrons. The summed E-state index contributed by atoms with van der Waals surface area (Å²) in [5, 5.41) is 0. The molecule has 0 amide bonds. The molecule has 130 valence electrons. The Hall–Kier alpha value is -2.36. The highest BCUT2D eigenvalue weighted by Crippen LogP contribution is 2.33. The summed E-state index contributed by atoms with van der Waals surface area (Å²) in [5.74, 6) is 0.0410. The molecule has 0 aliphatic heterocycles. The lowest BCUT2D eigenvalue weighted by atomic mass is 9.89. The molecule has 0 N–H and O–H groups in total. The van der Waals surface area contributed by atoms with Crippen LogP contribution in [-0.2, 0) is 24.2 Å². The number of aryl methyl sites for hydroxylation is 3. The van der Waals surface area contributed by atoms with Crippen LogP contribution in [0.4, 0.5) is 0 Å². The Balaban J connectivity index is 1.71. The van der Waals surface area contributed by atoms with Gasteiger partial charge in [-0.05, 0) is 54.2 Å². The molecule has 0 unspecified atom stereocenters. The molecular weight excluding hydrogens is 338 g/mol. The average molecular weight is 359 g/mol. The molecule has 0 heterocycles. The lowest BCUT2D eigenvalue weighted by Gasteiger charge is -2.15. The summed E-state index contributed by atoms with van der Waals surface area (Å²) < 4.78 is 17.1. The Morgan fingerprint density at radius 2 is 1.38 bits per heavy atom. The van der Waals surface area contributed by atoms with Crippen LogP contribution in [-0.4, -0.2) is 10.8 Å². The van der Waals surface area contributed by atoms with Crippen molar-refractivity contribution in [1.29, 1.82) is 0 Å². The van der Waals surface area contributed by atoms with Crippen molar-refractivity contribution < 1.29 is 4.55 Å². The van der Waals surface area contributed by atoms with Crippen LogP contribution in [0, 0.1) is 6.92 Å². The molecule has 0 aromatic heterocycles. The first-order valence-corrected chi connectivity index (χ1v) is 10.0. The summed E-state index contributed by atoms with van der Waals surface area (Å²) in [7, 11) is 0. The molecule has 0 saturated heterocycles. The van der Waals surface area contributed by atoms with Crippen molar-refractivity contribution in [2.24, 2.45) is 4.40 Å². The van der Waals surface area contributed by atoms with Crippen molar-refractivity contribution in [3.05, 3.63) is 101 Å². The van der Waals surface area contributed by atoms with Gasteiger partial charge < -0.3 is 4.55 Å². The lowest BCUT2D eigenvalue weighted by Crippen LogP contribution is -2.07. The van der Waals surface area contributed by atoms with E-state index in [1.165, 1.54) is 22.3 Å². The summed E-state index contributed by atoms with van der Waals surface area (Å²) in [5.41, 5.74) is 6.38. The maximum Gasteiger partial charge on any atom is 0.182 e. The number of fused-ring (bicyclic) bond motifs is 2. The standard InChI is InChI=1S/C23H21NOS/c1-17-10-14-20(15-11-17)26(25)24-16-23-21-8-4-2-6-18(21)12-13-19-7-3-5-9-22(19)23/h2-11,14-16,23H,12-13H2,1H3/b24-16+/t26-/m0/s1. The Bertz CT molecular complexity index is 885. The van der Waals surface area contributed by atoms with Crippen molar-refractivity contribution in [2.45, 2.75) is 30.6 Å². The third kappa shape index (κ3) is 3.46. The number of benzene rings is 3. The fourth-order valence-corrected chi connectivity index (χ4v) is 4.28. The summed E-state index contributed by atoms with van der Waals surface area (Å²) in [6.07, 6.45) is 3.93. The predicted octanol–water partition coefficient (Wildman–Crippen LogP) is 5.02. The highest BCUT2D eigenvalue weighted by atomic mass is 32.2. The fourth-order valence-electron chi connectivity index (χ4n) is 3.56. The third-order valence-corrected chi connectivity index (χ3v) is 5.96. The minimum absolute atomic E-state index is 0.0410. The Morgan fingerprint density at radius 3 is 1.96 bits per heavy atom. The van der Waals surface area contributed by atoms with Crippen molar-refractivity contribution in [3.8, 4) is 0 Å². The van der Waals surface area contributed by atoms with Crippen LogP contribution in [0.15, 0.2) is 82.1 Å². The van der Waals surface area contributed by atoms with Crippen LogP contribution in [0.25, 0.3) is 0 Å². The van der Waals surface area contributed by atoms with E-state index in [0.29, 0.717) is 0 Å². The lowest BCUT2D eigenvalue weighted by molar-refractivity contribution is 0.597. The third-order valence-electron chi connectivity index (χ3n) is 4.97. The van der Waals surface area contributed by atoms with E-state index < -0.39 is 11.4 Å². The number of rotatable bonds is 3. The fraction of sp³-hybridized carbons (Fsp3) is 0.174.